The fraction of sp³-hybridized carbons (Fsp3) is 0.133. The first-order valence-electron chi connectivity index (χ1n) is 6.18. The second-order valence-corrected chi connectivity index (χ2v) is 4.37. The van der Waals surface area contributed by atoms with Crippen molar-refractivity contribution < 1.29 is 9.18 Å². The van der Waals surface area contributed by atoms with Crippen molar-refractivity contribution in [3.05, 3.63) is 54.3 Å². The van der Waals surface area contributed by atoms with E-state index >= 15 is 0 Å². The van der Waals surface area contributed by atoms with Gasteiger partial charge >= 0.3 is 0 Å². The molecule has 0 aromatic heterocycles. The lowest BCUT2D eigenvalue weighted by molar-refractivity contribution is -0.117. The zero-order chi connectivity index (χ0) is 13.2. The molecule has 4 heteroatoms. The highest BCUT2D eigenvalue weighted by Gasteiger charge is 2.25. The van der Waals surface area contributed by atoms with Crippen LogP contribution in [0.4, 0.5) is 21.5 Å². The van der Waals surface area contributed by atoms with Crippen LogP contribution in [0.25, 0.3) is 0 Å². The maximum atomic E-state index is 14.0. The average molecular weight is 256 g/mol. The SMILES string of the molecule is O=C1CCNc2ccccc2N1c1ccccc1F. The monoisotopic (exact) mass is 256 g/mol. The van der Waals surface area contributed by atoms with Crippen molar-refractivity contribution in [1.29, 1.82) is 0 Å². The Morgan fingerprint density at radius 2 is 1.68 bits per heavy atom. The number of benzene rings is 2. The number of para-hydroxylation sites is 3. The second-order valence-electron chi connectivity index (χ2n) is 4.37. The summed E-state index contributed by atoms with van der Waals surface area (Å²) in [6.45, 7) is 0.556. The molecule has 1 aliphatic rings. The fourth-order valence-electron chi connectivity index (χ4n) is 2.27. The van der Waals surface area contributed by atoms with Gasteiger partial charge in [-0.05, 0) is 24.3 Å². The lowest BCUT2D eigenvalue weighted by Crippen LogP contribution is -2.25. The minimum absolute atomic E-state index is 0.109. The molecule has 1 N–H and O–H groups in total. The number of carbonyl (C=O) groups is 1. The first kappa shape index (κ1) is 11.7. The van der Waals surface area contributed by atoms with E-state index in [9.17, 15) is 9.18 Å². The molecule has 0 saturated heterocycles. The summed E-state index contributed by atoms with van der Waals surface area (Å²) in [6, 6.07) is 13.8. The van der Waals surface area contributed by atoms with Gasteiger partial charge in [-0.1, -0.05) is 24.3 Å². The Morgan fingerprint density at radius 1 is 1.00 bits per heavy atom. The average Bonchev–Trinajstić information content (AvgIpc) is 2.58. The van der Waals surface area contributed by atoms with Crippen molar-refractivity contribution in [1.82, 2.24) is 0 Å². The molecule has 3 nitrogen and oxygen atoms in total. The van der Waals surface area contributed by atoms with Gasteiger partial charge in [-0.2, -0.15) is 0 Å². The third-order valence-corrected chi connectivity index (χ3v) is 3.14. The van der Waals surface area contributed by atoms with Gasteiger partial charge in [0.2, 0.25) is 5.91 Å². The normalized spacial score (nSPS) is 14.6. The molecule has 2 aromatic carbocycles. The number of halogens is 1. The molecule has 0 bridgehead atoms. The summed E-state index contributed by atoms with van der Waals surface area (Å²) in [5.74, 6) is -0.505. The molecule has 0 radical (unpaired) electrons. The topological polar surface area (TPSA) is 32.3 Å². The number of amides is 1. The molecule has 0 unspecified atom stereocenters. The molecule has 2 aromatic rings. The molecule has 0 atom stereocenters. The summed E-state index contributed by atoms with van der Waals surface area (Å²) in [6.07, 6.45) is 0.336. The minimum atomic E-state index is -0.396. The van der Waals surface area contributed by atoms with Crippen LogP contribution in [-0.2, 0) is 4.79 Å². The van der Waals surface area contributed by atoms with Crippen molar-refractivity contribution >= 4 is 23.0 Å². The Bertz CT molecular complexity index is 627. The van der Waals surface area contributed by atoms with E-state index in [-0.39, 0.29) is 5.91 Å². The van der Waals surface area contributed by atoms with Gasteiger partial charge in [-0.3, -0.25) is 9.69 Å². The van der Waals surface area contributed by atoms with Crippen LogP contribution in [0.15, 0.2) is 48.5 Å². The molecule has 0 fully saturated rings. The van der Waals surface area contributed by atoms with Crippen LogP contribution in [0.5, 0.6) is 0 Å². The van der Waals surface area contributed by atoms with Gasteiger partial charge in [0.1, 0.15) is 5.82 Å². The second kappa shape index (κ2) is 4.72. The standard InChI is InChI=1S/C15H13FN2O/c16-11-5-1-3-7-13(11)18-14-8-4-2-6-12(14)17-10-9-15(18)19/h1-8,17H,9-10H2. The van der Waals surface area contributed by atoms with Crippen molar-refractivity contribution in [3.8, 4) is 0 Å². The summed E-state index contributed by atoms with van der Waals surface area (Å²) < 4.78 is 14.0. The van der Waals surface area contributed by atoms with Crippen LogP contribution in [-0.4, -0.2) is 12.5 Å². The predicted octanol–water partition coefficient (Wildman–Crippen LogP) is 3.31. The van der Waals surface area contributed by atoms with E-state index in [0.717, 1.165) is 5.69 Å². The first-order chi connectivity index (χ1) is 9.27. The van der Waals surface area contributed by atoms with E-state index in [1.54, 1.807) is 18.2 Å². The predicted molar refractivity (Wildman–Crippen MR) is 73.1 cm³/mol. The summed E-state index contributed by atoms with van der Waals surface area (Å²) in [4.78, 5) is 13.7. The zero-order valence-corrected chi connectivity index (χ0v) is 10.3. The van der Waals surface area contributed by atoms with E-state index < -0.39 is 5.82 Å². The highest BCUT2D eigenvalue weighted by molar-refractivity contribution is 6.04. The highest BCUT2D eigenvalue weighted by atomic mass is 19.1. The van der Waals surface area contributed by atoms with Crippen LogP contribution in [0, 0.1) is 5.82 Å². The van der Waals surface area contributed by atoms with E-state index in [2.05, 4.69) is 5.32 Å². The zero-order valence-electron chi connectivity index (χ0n) is 10.3. The Morgan fingerprint density at radius 3 is 2.47 bits per heavy atom. The van der Waals surface area contributed by atoms with Gasteiger partial charge < -0.3 is 5.32 Å². The molecule has 1 heterocycles. The van der Waals surface area contributed by atoms with Crippen LogP contribution in [0.2, 0.25) is 0 Å². The number of hydrogen-bond donors (Lipinski definition) is 1. The molecular weight excluding hydrogens is 243 g/mol. The third-order valence-electron chi connectivity index (χ3n) is 3.14. The molecule has 19 heavy (non-hydrogen) atoms. The van der Waals surface area contributed by atoms with Crippen molar-refractivity contribution in [2.24, 2.45) is 0 Å². The first-order valence-corrected chi connectivity index (χ1v) is 6.18. The van der Waals surface area contributed by atoms with Gasteiger partial charge in [-0.25, -0.2) is 4.39 Å². The minimum Gasteiger partial charge on any atom is -0.383 e. The lowest BCUT2D eigenvalue weighted by Gasteiger charge is -2.23. The van der Waals surface area contributed by atoms with Crippen LogP contribution in [0.1, 0.15) is 6.42 Å². The number of hydrogen-bond acceptors (Lipinski definition) is 2. The summed E-state index contributed by atoms with van der Waals surface area (Å²) in [7, 11) is 0. The van der Waals surface area contributed by atoms with E-state index in [1.807, 2.05) is 24.3 Å². The van der Waals surface area contributed by atoms with Crippen molar-refractivity contribution in [3.63, 3.8) is 0 Å². The van der Waals surface area contributed by atoms with Gasteiger partial charge in [0.25, 0.3) is 0 Å². The number of nitrogens with zero attached hydrogens (tertiary/aromatic N) is 1. The maximum Gasteiger partial charge on any atom is 0.233 e. The smallest absolute Gasteiger partial charge is 0.233 e. The van der Waals surface area contributed by atoms with Crippen LogP contribution < -0.4 is 10.2 Å². The van der Waals surface area contributed by atoms with E-state index in [4.69, 9.17) is 0 Å². The van der Waals surface area contributed by atoms with E-state index in [1.165, 1.54) is 11.0 Å². The van der Waals surface area contributed by atoms with Crippen LogP contribution >= 0.6 is 0 Å². The van der Waals surface area contributed by atoms with Crippen LogP contribution in [0.3, 0.4) is 0 Å². The Kier molecular flexibility index (Phi) is 2.91. The molecule has 3 rings (SSSR count). The van der Waals surface area contributed by atoms with Gasteiger partial charge in [0.15, 0.2) is 0 Å². The Labute approximate surface area is 110 Å². The molecule has 1 aliphatic heterocycles. The maximum absolute atomic E-state index is 14.0. The molecule has 0 saturated carbocycles. The lowest BCUT2D eigenvalue weighted by atomic mass is 10.2. The molecular formula is C15H13FN2O. The summed E-state index contributed by atoms with van der Waals surface area (Å²) in [5.41, 5.74) is 1.83. The third kappa shape index (κ3) is 2.05. The molecule has 1 amide bonds. The number of carbonyl (C=O) groups excluding carboxylic acids is 1. The van der Waals surface area contributed by atoms with Crippen molar-refractivity contribution in [2.75, 3.05) is 16.8 Å². The highest BCUT2D eigenvalue weighted by Crippen LogP contribution is 2.35. The van der Waals surface area contributed by atoms with Gasteiger partial charge in [0, 0.05) is 13.0 Å². The number of nitrogens with one attached hydrogen (secondary N) is 1. The largest absolute Gasteiger partial charge is 0.383 e. The Balaban J connectivity index is 2.18. The number of rotatable bonds is 1. The van der Waals surface area contributed by atoms with E-state index in [0.29, 0.717) is 24.3 Å². The van der Waals surface area contributed by atoms with Gasteiger partial charge in [-0.15, -0.1) is 0 Å². The summed E-state index contributed by atoms with van der Waals surface area (Å²) >= 11 is 0. The molecule has 0 spiro atoms. The van der Waals surface area contributed by atoms with Crippen molar-refractivity contribution in [2.45, 2.75) is 6.42 Å². The number of fused-ring (bicyclic) bond motifs is 1. The molecule has 0 aliphatic carbocycles. The Hall–Kier alpha value is -2.36. The number of anilines is 3. The summed E-state index contributed by atoms with van der Waals surface area (Å²) in [5, 5.41) is 3.19. The van der Waals surface area contributed by atoms with Gasteiger partial charge in [0.05, 0.1) is 17.1 Å². The fourth-order valence-corrected chi connectivity index (χ4v) is 2.27. The molecule has 96 valence electrons. The quantitative estimate of drug-likeness (QED) is 0.849.